The fourth-order valence-electron chi connectivity index (χ4n) is 1.35. The van der Waals surface area contributed by atoms with Gasteiger partial charge in [0.2, 0.25) is 5.76 Å². The summed E-state index contributed by atoms with van der Waals surface area (Å²) in [6.07, 6.45) is 4.20. The lowest BCUT2D eigenvalue weighted by atomic mass is 10.3. The minimum Gasteiger partial charge on any atom is -0.480 e. The molecule has 0 aliphatic rings. The summed E-state index contributed by atoms with van der Waals surface area (Å²) in [6, 6.07) is 0. The monoisotopic (exact) mass is 250 g/mol. The molecule has 0 fully saturated rings. The molecule has 0 radical (unpaired) electrons. The van der Waals surface area contributed by atoms with Gasteiger partial charge in [0.1, 0.15) is 6.54 Å². The summed E-state index contributed by atoms with van der Waals surface area (Å²) in [5.74, 6) is -1.36. The minimum absolute atomic E-state index is 0.112. The number of nitrogens with zero attached hydrogens (tertiary/aromatic N) is 3. The first-order valence-corrected chi connectivity index (χ1v) is 5.03. The number of anilines is 1. The smallest absolute Gasteiger partial charge is 0.325 e. The molecule has 1 amide bonds. The number of rotatable bonds is 4. The second-order valence-corrected chi connectivity index (χ2v) is 3.61. The number of aliphatic carboxylic acids is 1. The van der Waals surface area contributed by atoms with E-state index in [2.05, 4.69) is 15.6 Å². The van der Waals surface area contributed by atoms with E-state index >= 15 is 0 Å². The van der Waals surface area contributed by atoms with Gasteiger partial charge in [-0.05, 0) is 6.92 Å². The predicted molar refractivity (Wildman–Crippen MR) is 59.1 cm³/mol. The molecule has 8 heteroatoms. The van der Waals surface area contributed by atoms with E-state index in [0.717, 1.165) is 0 Å². The van der Waals surface area contributed by atoms with Crippen molar-refractivity contribution in [3.63, 3.8) is 0 Å². The molecule has 2 N–H and O–H groups in total. The Morgan fingerprint density at radius 2 is 2.28 bits per heavy atom. The van der Waals surface area contributed by atoms with Gasteiger partial charge < -0.3 is 14.9 Å². The first-order chi connectivity index (χ1) is 8.56. The van der Waals surface area contributed by atoms with Gasteiger partial charge in [-0.3, -0.25) is 14.3 Å². The molecular weight excluding hydrogens is 240 g/mol. The van der Waals surface area contributed by atoms with Gasteiger partial charge in [0, 0.05) is 11.8 Å². The largest absolute Gasteiger partial charge is 0.480 e. The fourth-order valence-corrected chi connectivity index (χ4v) is 1.35. The highest BCUT2D eigenvalue weighted by atomic mass is 16.5. The van der Waals surface area contributed by atoms with Gasteiger partial charge >= 0.3 is 5.97 Å². The summed E-state index contributed by atoms with van der Waals surface area (Å²) >= 11 is 0. The Hall–Kier alpha value is -2.64. The lowest BCUT2D eigenvalue weighted by Crippen LogP contribution is -2.12. The Kier molecular flexibility index (Phi) is 3.09. The van der Waals surface area contributed by atoms with Crippen LogP contribution >= 0.6 is 0 Å². The second-order valence-electron chi connectivity index (χ2n) is 3.61. The molecule has 94 valence electrons. The summed E-state index contributed by atoms with van der Waals surface area (Å²) < 4.78 is 5.99. The molecule has 0 spiro atoms. The van der Waals surface area contributed by atoms with E-state index in [9.17, 15) is 9.59 Å². The van der Waals surface area contributed by atoms with Crippen LogP contribution in [0.5, 0.6) is 0 Å². The highest BCUT2D eigenvalue weighted by molar-refractivity contribution is 6.02. The van der Waals surface area contributed by atoms with Crippen LogP contribution in [0.4, 0.5) is 5.69 Å². The SMILES string of the molecule is Cc1cnoc1C(=O)Nc1cnn(CC(=O)O)c1. The average Bonchev–Trinajstić information content (AvgIpc) is 2.87. The summed E-state index contributed by atoms with van der Waals surface area (Å²) in [6.45, 7) is 1.43. The van der Waals surface area contributed by atoms with E-state index in [0.29, 0.717) is 11.3 Å². The number of carbonyl (C=O) groups is 2. The van der Waals surface area contributed by atoms with Gasteiger partial charge in [-0.1, -0.05) is 5.16 Å². The van der Waals surface area contributed by atoms with Crippen molar-refractivity contribution in [3.05, 3.63) is 29.9 Å². The molecule has 2 heterocycles. The number of aryl methyl sites for hydroxylation is 1. The van der Waals surface area contributed by atoms with E-state index < -0.39 is 11.9 Å². The van der Waals surface area contributed by atoms with Crippen LogP contribution in [0.1, 0.15) is 16.1 Å². The maximum absolute atomic E-state index is 11.7. The normalized spacial score (nSPS) is 10.3. The zero-order valence-corrected chi connectivity index (χ0v) is 9.45. The quantitative estimate of drug-likeness (QED) is 0.818. The minimum atomic E-state index is -1.01. The third-order valence-corrected chi connectivity index (χ3v) is 2.14. The molecule has 0 aromatic carbocycles. The standard InChI is InChI=1S/C10H10N4O4/c1-6-2-12-18-9(6)10(17)13-7-3-11-14(4-7)5-8(15)16/h2-4H,5H2,1H3,(H,13,17)(H,15,16). The van der Waals surface area contributed by atoms with E-state index in [1.165, 1.54) is 23.3 Å². The number of hydrogen-bond acceptors (Lipinski definition) is 5. The number of carboxylic acids is 1. The Labute approximate surface area is 101 Å². The third kappa shape index (κ3) is 2.54. The molecule has 18 heavy (non-hydrogen) atoms. The molecule has 0 saturated carbocycles. The van der Waals surface area contributed by atoms with E-state index in [1.807, 2.05) is 0 Å². The van der Waals surface area contributed by atoms with Crippen LogP contribution in [0.25, 0.3) is 0 Å². The summed E-state index contributed by atoms with van der Waals surface area (Å²) in [5, 5.41) is 18.4. The van der Waals surface area contributed by atoms with Gasteiger partial charge in [-0.2, -0.15) is 5.10 Å². The van der Waals surface area contributed by atoms with Crippen molar-refractivity contribution in [2.45, 2.75) is 13.5 Å². The van der Waals surface area contributed by atoms with Crippen molar-refractivity contribution in [2.24, 2.45) is 0 Å². The summed E-state index contributed by atoms with van der Waals surface area (Å²) in [4.78, 5) is 22.2. The van der Waals surface area contributed by atoms with Crippen molar-refractivity contribution in [1.82, 2.24) is 14.9 Å². The summed E-state index contributed by atoms with van der Waals surface area (Å²) in [5.41, 5.74) is 1.00. The number of amides is 1. The van der Waals surface area contributed by atoms with Gasteiger partial charge in [-0.25, -0.2) is 0 Å². The predicted octanol–water partition coefficient (Wildman–Crippen LogP) is 0.516. The Balaban J connectivity index is 2.06. The zero-order chi connectivity index (χ0) is 13.1. The molecule has 0 atom stereocenters. The molecule has 8 nitrogen and oxygen atoms in total. The van der Waals surface area contributed by atoms with Crippen LogP contribution < -0.4 is 5.32 Å². The number of carbonyl (C=O) groups excluding carboxylic acids is 1. The van der Waals surface area contributed by atoms with Gasteiger partial charge in [0.25, 0.3) is 5.91 Å². The second kappa shape index (κ2) is 4.70. The van der Waals surface area contributed by atoms with Crippen LogP contribution in [0.15, 0.2) is 23.1 Å². The number of carboxylic acid groups (broad SMARTS) is 1. The van der Waals surface area contributed by atoms with E-state index in [-0.39, 0.29) is 12.3 Å². The van der Waals surface area contributed by atoms with Crippen molar-refractivity contribution >= 4 is 17.6 Å². The van der Waals surface area contributed by atoms with Gasteiger partial charge in [0.05, 0.1) is 18.1 Å². The van der Waals surface area contributed by atoms with Crippen molar-refractivity contribution < 1.29 is 19.2 Å². The third-order valence-electron chi connectivity index (χ3n) is 2.14. The molecule has 0 aliphatic carbocycles. The first kappa shape index (κ1) is 11.8. The number of aromatic nitrogens is 3. The van der Waals surface area contributed by atoms with Crippen molar-refractivity contribution in [2.75, 3.05) is 5.32 Å². The molecule has 0 saturated heterocycles. The summed E-state index contributed by atoms with van der Waals surface area (Å²) in [7, 11) is 0. The maximum atomic E-state index is 11.7. The number of nitrogens with one attached hydrogen (secondary N) is 1. The topological polar surface area (TPSA) is 110 Å². The molecule has 2 rings (SSSR count). The molecular formula is C10H10N4O4. The van der Waals surface area contributed by atoms with Crippen LogP contribution in [0, 0.1) is 6.92 Å². The lowest BCUT2D eigenvalue weighted by molar-refractivity contribution is -0.137. The molecule has 0 unspecified atom stereocenters. The number of hydrogen-bond donors (Lipinski definition) is 2. The first-order valence-electron chi connectivity index (χ1n) is 5.03. The molecule has 0 bridgehead atoms. The zero-order valence-electron chi connectivity index (χ0n) is 9.45. The van der Waals surface area contributed by atoms with E-state index in [1.54, 1.807) is 6.92 Å². The van der Waals surface area contributed by atoms with Crippen LogP contribution in [0.2, 0.25) is 0 Å². The van der Waals surface area contributed by atoms with Crippen molar-refractivity contribution in [3.8, 4) is 0 Å². The Bertz CT molecular complexity index is 586. The lowest BCUT2D eigenvalue weighted by Gasteiger charge is -1.98. The van der Waals surface area contributed by atoms with Gasteiger partial charge in [-0.15, -0.1) is 0 Å². The van der Waals surface area contributed by atoms with E-state index in [4.69, 9.17) is 9.63 Å². The highest BCUT2D eigenvalue weighted by Crippen LogP contribution is 2.11. The molecule has 2 aromatic heterocycles. The maximum Gasteiger partial charge on any atom is 0.325 e. The Morgan fingerprint density at radius 1 is 1.50 bits per heavy atom. The van der Waals surface area contributed by atoms with Crippen LogP contribution in [0.3, 0.4) is 0 Å². The molecule has 2 aromatic rings. The van der Waals surface area contributed by atoms with Crippen molar-refractivity contribution in [1.29, 1.82) is 0 Å². The Morgan fingerprint density at radius 3 is 2.89 bits per heavy atom. The highest BCUT2D eigenvalue weighted by Gasteiger charge is 2.15. The van der Waals surface area contributed by atoms with Crippen LogP contribution in [-0.2, 0) is 11.3 Å². The van der Waals surface area contributed by atoms with Gasteiger partial charge in [0.15, 0.2) is 0 Å². The fraction of sp³-hybridized carbons (Fsp3) is 0.200. The molecule has 0 aliphatic heterocycles. The van der Waals surface area contributed by atoms with Crippen LogP contribution in [-0.4, -0.2) is 31.9 Å². The average molecular weight is 250 g/mol.